The second-order valence-electron chi connectivity index (χ2n) is 8.18. The van der Waals surface area contributed by atoms with E-state index in [-0.39, 0.29) is 5.97 Å². The van der Waals surface area contributed by atoms with Crippen molar-refractivity contribution in [1.82, 2.24) is 4.90 Å². The van der Waals surface area contributed by atoms with E-state index >= 15 is 0 Å². The summed E-state index contributed by atoms with van der Waals surface area (Å²) in [4.78, 5) is 14.0. The maximum atomic E-state index is 11.7. The van der Waals surface area contributed by atoms with Gasteiger partial charge in [0.05, 0.1) is 39.6 Å². The predicted octanol–water partition coefficient (Wildman–Crippen LogP) is 1.66. The van der Waals surface area contributed by atoms with Crippen molar-refractivity contribution < 1.29 is 33.2 Å². The van der Waals surface area contributed by atoms with Crippen LogP contribution in [-0.4, -0.2) is 116 Å². The van der Waals surface area contributed by atoms with E-state index in [9.17, 15) is 4.79 Å². The summed E-state index contributed by atoms with van der Waals surface area (Å²) in [5, 5.41) is 1.01. The van der Waals surface area contributed by atoms with Gasteiger partial charge in [-0.2, -0.15) is 0 Å². The fraction of sp³-hybridized carbons (Fsp3) is 0.950. The Morgan fingerprint density at radius 2 is 1.31 bits per heavy atom. The number of ether oxygens (including phenoxy) is 6. The number of nitrogens with zero attached hydrogens (tertiary/aromatic N) is 1. The van der Waals surface area contributed by atoms with Crippen LogP contribution >= 0.6 is 0 Å². The molecule has 1 aliphatic heterocycles. The van der Waals surface area contributed by atoms with Crippen LogP contribution in [0.4, 0.5) is 0 Å². The maximum absolute atomic E-state index is 11.7. The van der Waals surface area contributed by atoms with Gasteiger partial charge in [-0.25, -0.2) is 0 Å². The molecule has 0 aliphatic carbocycles. The third-order valence-electron chi connectivity index (χ3n) is 4.34. The first-order valence-corrected chi connectivity index (χ1v) is 18.5. The Kier molecular flexibility index (Phi) is 16.1. The second-order valence-corrected chi connectivity index (χ2v) is 20.0. The second kappa shape index (κ2) is 17.5. The molecule has 0 aromatic rings. The average Bonchev–Trinajstić information content (AvgIpc) is 2.68. The van der Waals surface area contributed by atoms with Crippen molar-refractivity contribution in [1.29, 1.82) is 0 Å². The SMILES string of the molecule is [CH3][Ge]([CH3])([CH3])[CH2]CC(=O)OCCOCCN1CCOCCOCCOCCOCC1. The van der Waals surface area contributed by atoms with Gasteiger partial charge in [-0.15, -0.1) is 0 Å². The Labute approximate surface area is 178 Å². The van der Waals surface area contributed by atoms with Crippen LogP contribution in [0, 0.1) is 0 Å². The van der Waals surface area contributed by atoms with Crippen LogP contribution in [0.5, 0.6) is 0 Å². The van der Waals surface area contributed by atoms with Gasteiger partial charge in [-0.3, -0.25) is 0 Å². The van der Waals surface area contributed by atoms with Crippen molar-refractivity contribution in [3.63, 3.8) is 0 Å². The molecule has 1 heterocycles. The molecule has 1 saturated heterocycles. The van der Waals surface area contributed by atoms with E-state index in [1.165, 1.54) is 0 Å². The van der Waals surface area contributed by atoms with Gasteiger partial charge < -0.3 is 18.9 Å². The van der Waals surface area contributed by atoms with Crippen molar-refractivity contribution in [2.45, 2.75) is 28.9 Å². The van der Waals surface area contributed by atoms with Gasteiger partial charge in [0.2, 0.25) is 0 Å². The molecule has 0 aromatic carbocycles. The summed E-state index contributed by atoms with van der Waals surface area (Å²) >= 11 is -1.67. The summed E-state index contributed by atoms with van der Waals surface area (Å²) in [5.74, 6) is 6.80. The number of hydrogen-bond acceptors (Lipinski definition) is 8. The van der Waals surface area contributed by atoms with E-state index in [1.807, 2.05) is 0 Å². The normalized spacial score (nSPS) is 19.3. The summed E-state index contributed by atoms with van der Waals surface area (Å²) in [7, 11) is 0. The molecule has 0 bridgehead atoms. The Balaban J connectivity index is 2.12. The molecule has 8 nitrogen and oxygen atoms in total. The van der Waals surface area contributed by atoms with Crippen molar-refractivity contribution in [3.8, 4) is 0 Å². The van der Waals surface area contributed by atoms with Crippen molar-refractivity contribution in [2.75, 3.05) is 92.3 Å². The van der Waals surface area contributed by atoms with E-state index in [0.717, 1.165) is 24.9 Å². The van der Waals surface area contributed by atoms with Gasteiger partial charge in [0, 0.05) is 0 Å². The Bertz CT molecular complexity index is 391. The summed E-state index contributed by atoms with van der Waals surface area (Å²) in [5.41, 5.74) is 0. The minimum absolute atomic E-state index is 0.109. The third-order valence-corrected chi connectivity index (χ3v) is 8.01. The first-order chi connectivity index (χ1) is 14.0. The van der Waals surface area contributed by atoms with E-state index in [2.05, 4.69) is 22.2 Å². The number of carbonyl (C=O) groups is 1. The number of rotatable bonds is 9. The summed E-state index contributed by atoms with van der Waals surface area (Å²) in [6.45, 7) is 8.56. The quantitative estimate of drug-likeness (QED) is 0.281. The summed E-state index contributed by atoms with van der Waals surface area (Å²) in [6.07, 6.45) is 0.535. The number of carbonyl (C=O) groups excluding carboxylic acids is 1. The molecule has 172 valence electrons. The van der Waals surface area contributed by atoms with Gasteiger partial charge in [-0.1, -0.05) is 0 Å². The molecule has 0 spiro atoms. The molecule has 1 rings (SSSR count). The van der Waals surface area contributed by atoms with Crippen molar-refractivity contribution >= 4 is 19.2 Å². The van der Waals surface area contributed by atoms with Gasteiger partial charge in [0.25, 0.3) is 0 Å². The Morgan fingerprint density at radius 3 is 1.83 bits per heavy atom. The molecule has 0 saturated carbocycles. The molecule has 0 atom stereocenters. The predicted molar refractivity (Wildman–Crippen MR) is 114 cm³/mol. The minimum atomic E-state index is -1.67. The van der Waals surface area contributed by atoms with Gasteiger partial charge in [0.1, 0.15) is 0 Å². The van der Waals surface area contributed by atoms with Crippen LogP contribution in [0.25, 0.3) is 0 Å². The standard InChI is InChI=1S/C20H41GeNO7/c1-21(2,3)5-4-20(23)29-19-18-26-11-8-22-6-9-24-12-14-27-16-17-28-15-13-25-10-7-22/h4-19H2,1-3H3. The molecule has 0 radical (unpaired) electrons. The fourth-order valence-electron chi connectivity index (χ4n) is 2.54. The monoisotopic (exact) mass is 481 g/mol. The molecule has 0 amide bonds. The molecule has 29 heavy (non-hydrogen) atoms. The zero-order valence-electron chi connectivity index (χ0n) is 18.6. The zero-order chi connectivity index (χ0) is 21.2. The van der Waals surface area contributed by atoms with Gasteiger partial charge in [0.15, 0.2) is 0 Å². The van der Waals surface area contributed by atoms with Crippen LogP contribution in [0.3, 0.4) is 0 Å². The molecule has 1 fully saturated rings. The number of hydrogen-bond donors (Lipinski definition) is 0. The van der Waals surface area contributed by atoms with Crippen LogP contribution in [0.2, 0.25) is 22.5 Å². The Morgan fingerprint density at radius 1 is 0.793 bits per heavy atom. The van der Waals surface area contributed by atoms with Crippen molar-refractivity contribution in [3.05, 3.63) is 0 Å². The first kappa shape index (κ1) is 26.8. The average molecular weight is 480 g/mol. The first-order valence-electron chi connectivity index (χ1n) is 10.7. The molecule has 0 N–H and O–H groups in total. The molecule has 1 aliphatic rings. The van der Waals surface area contributed by atoms with E-state index in [0.29, 0.717) is 79.1 Å². The Hall–Kier alpha value is -0.227. The van der Waals surface area contributed by atoms with E-state index in [1.54, 1.807) is 0 Å². The van der Waals surface area contributed by atoms with Crippen molar-refractivity contribution in [2.24, 2.45) is 0 Å². The molecule has 0 unspecified atom stereocenters. The summed E-state index contributed by atoms with van der Waals surface area (Å²) in [6, 6.07) is 0. The van der Waals surface area contributed by atoms with Crippen LogP contribution in [0.1, 0.15) is 6.42 Å². The van der Waals surface area contributed by atoms with Crippen LogP contribution < -0.4 is 0 Å². The molecular formula is C20H41GeNO7. The molecular weight excluding hydrogens is 439 g/mol. The number of esters is 1. The molecule has 0 aromatic heterocycles. The zero-order valence-corrected chi connectivity index (χ0v) is 20.7. The van der Waals surface area contributed by atoms with Gasteiger partial charge in [-0.05, 0) is 0 Å². The van der Waals surface area contributed by atoms with Crippen LogP contribution in [0.15, 0.2) is 0 Å². The molecule has 9 heteroatoms. The third kappa shape index (κ3) is 18.3. The fourth-order valence-corrected chi connectivity index (χ4v) is 4.55. The van der Waals surface area contributed by atoms with Crippen LogP contribution in [-0.2, 0) is 33.2 Å². The van der Waals surface area contributed by atoms with E-state index < -0.39 is 13.3 Å². The summed E-state index contributed by atoms with van der Waals surface area (Å²) < 4.78 is 33.0. The van der Waals surface area contributed by atoms with Gasteiger partial charge >= 0.3 is 120 Å². The van der Waals surface area contributed by atoms with E-state index in [4.69, 9.17) is 28.4 Å². The topological polar surface area (TPSA) is 75.7 Å².